The van der Waals surface area contributed by atoms with Gasteiger partial charge in [0.2, 0.25) is 0 Å². The number of thiazole rings is 1. The molecule has 0 aliphatic carbocycles. The van der Waals surface area contributed by atoms with Crippen LogP contribution in [0.3, 0.4) is 0 Å². The minimum Gasteiger partial charge on any atom is -0.486 e. The number of nitrogens with zero attached hydrogens (tertiary/aromatic N) is 4. The zero-order chi connectivity index (χ0) is 22.3. The SMILES string of the molecule is C=CCn1c(COc2ccc(CC)cc2)nnc1SCc1csc(-c2ccc(C)cc2)n1. The molecule has 164 valence electrons. The van der Waals surface area contributed by atoms with Crippen LogP contribution in [-0.4, -0.2) is 19.7 Å². The average molecular weight is 463 g/mol. The lowest BCUT2D eigenvalue weighted by Crippen LogP contribution is -2.07. The van der Waals surface area contributed by atoms with E-state index in [4.69, 9.17) is 9.72 Å². The van der Waals surface area contributed by atoms with Gasteiger partial charge >= 0.3 is 0 Å². The van der Waals surface area contributed by atoms with Gasteiger partial charge in [0.15, 0.2) is 11.0 Å². The standard InChI is InChI=1S/C25H26N4OS2/c1-4-14-29-23(15-30-22-12-8-19(5-2)9-13-22)27-28-25(29)32-17-21-16-31-24(26-21)20-10-6-18(3)7-11-20/h4,6-13,16H,1,5,14-15,17H2,2-3H3. The maximum Gasteiger partial charge on any atom is 0.191 e. The molecule has 4 aromatic rings. The number of allylic oxidation sites excluding steroid dienone is 1. The number of hydrogen-bond acceptors (Lipinski definition) is 6. The third kappa shape index (κ3) is 5.47. The molecule has 0 spiro atoms. The fourth-order valence-corrected chi connectivity index (χ4v) is 4.95. The van der Waals surface area contributed by atoms with Gasteiger partial charge in [0.05, 0.1) is 5.69 Å². The first-order valence-corrected chi connectivity index (χ1v) is 12.4. The quantitative estimate of drug-likeness (QED) is 0.204. The summed E-state index contributed by atoms with van der Waals surface area (Å²) in [5, 5.41) is 12.7. The van der Waals surface area contributed by atoms with Gasteiger partial charge in [0, 0.05) is 23.2 Å². The van der Waals surface area contributed by atoms with Crippen molar-refractivity contribution in [1.29, 1.82) is 0 Å². The predicted molar refractivity (Wildman–Crippen MR) is 132 cm³/mol. The highest BCUT2D eigenvalue weighted by Gasteiger charge is 2.14. The average Bonchev–Trinajstić information content (AvgIpc) is 3.44. The van der Waals surface area contributed by atoms with Crippen molar-refractivity contribution in [3.63, 3.8) is 0 Å². The molecule has 0 aliphatic heterocycles. The second-order valence-corrected chi connectivity index (χ2v) is 9.18. The number of ether oxygens (including phenoxy) is 1. The normalized spacial score (nSPS) is 10.9. The molecule has 0 N–H and O–H groups in total. The summed E-state index contributed by atoms with van der Waals surface area (Å²) in [6, 6.07) is 16.6. The Labute approximate surface area is 197 Å². The van der Waals surface area contributed by atoms with E-state index in [1.165, 1.54) is 11.1 Å². The van der Waals surface area contributed by atoms with Crippen molar-refractivity contribution in [2.75, 3.05) is 0 Å². The van der Waals surface area contributed by atoms with Crippen molar-refractivity contribution < 1.29 is 4.74 Å². The number of rotatable bonds is 10. The lowest BCUT2D eigenvalue weighted by atomic mass is 10.2. The summed E-state index contributed by atoms with van der Waals surface area (Å²) in [7, 11) is 0. The molecule has 0 bridgehead atoms. The van der Waals surface area contributed by atoms with Crippen LogP contribution in [0.25, 0.3) is 10.6 Å². The van der Waals surface area contributed by atoms with Crippen molar-refractivity contribution >= 4 is 23.1 Å². The molecule has 5 nitrogen and oxygen atoms in total. The Morgan fingerprint density at radius 1 is 1.09 bits per heavy atom. The minimum absolute atomic E-state index is 0.362. The van der Waals surface area contributed by atoms with Crippen LogP contribution in [-0.2, 0) is 25.3 Å². The second-order valence-electron chi connectivity index (χ2n) is 7.38. The van der Waals surface area contributed by atoms with Crippen molar-refractivity contribution in [2.45, 2.75) is 44.3 Å². The molecule has 0 atom stereocenters. The molecular weight excluding hydrogens is 436 g/mol. The Morgan fingerprint density at radius 3 is 2.59 bits per heavy atom. The van der Waals surface area contributed by atoms with Gasteiger partial charge in [-0.15, -0.1) is 28.1 Å². The fourth-order valence-electron chi connectivity index (χ4n) is 3.15. The van der Waals surface area contributed by atoms with Crippen LogP contribution in [0.15, 0.2) is 71.7 Å². The molecule has 7 heteroatoms. The van der Waals surface area contributed by atoms with Crippen LogP contribution in [0, 0.1) is 6.92 Å². The number of aryl methyl sites for hydroxylation is 2. The Kier molecular flexibility index (Phi) is 7.39. The molecule has 2 heterocycles. The summed E-state index contributed by atoms with van der Waals surface area (Å²) in [6.07, 6.45) is 2.87. The zero-order valence-corrected chi connectivity index (χ0v) is 20.0. The number of aromatic nitrogens is 4. The van der Waals surface area contributed by atoms with Crippen LogP contribution in [0.2, 0.25) is 0 Å². The first kappa shape index (κ1) is 22.3. The van der Waals surface area contributed by atoms with E-state index in [0.717, 1.165) is 45.2 Å². The third-order valence-electron chi connectivity index (χ3n) is 5.00. The maximum atomic E-state index is 5.94. The van der Waals surface area contributed by atoms with Gasteiger partial charge in [-0.25, -0.2) is 4.98 Å². The minimum atomic E-state index is 0.362. The van der Waals surface area contributed by atoms with Crippen LogP contribution in [0.4, 0.5) is 0 Å². The van der Waals surface area contributed by atoms with E-state index in [1.807, 2.05) is 22.8 Å². The summed E-state index contributed by atoms with van der Waals surface area (Å²) in [4.78, 5) is 4.79. The largest absolute Gasteiger partial charge is 0.486 e. The van der Waals surface area contributed by atoms with Crippen LogP contribution in [0.5, 0.6) is 5.75 Å². The van der Waals surface area contributed by atoms with E-state index >= 15 is 0 Å². The Hall–Kier alpha value is -2.90. The third-order valence-corrected chi connectivity index (χ3v) is 6.94. The van der Waals surface area contributed by atoms with Crippen LogP contribution >= 0.6 is 23.1 Å². The van der Waals surface area contributed by atoms with E-state index < -0.39 is 0 Å². The van der Waals surface area contributed by atoms with Gasteiger partial charge in [-0.05, 0) is 31.0 Å². The summed E-state index contributed by atoms with van der Waals surface area (Å²) < 4.78 is 7.98. The van der Waals surface area contributed by atoms with Crippen LogP contribution in [0.1, 0.15) is 29.6 Å². The summed E-state index contributed by atoms with van der Waals surface area (Å²) in [5.41, 5.74) is 4.73. The monoisotopic (exact) mass is 462 g/mol. The molecule has 32 heavy (non-hydrogen) atoms. The first-order valence-electron chi connectivity index (χ1n) is 10.5. The Balaban J connectivity index is 1.40. The lowest BCUT2D eigenvalue weighted by molar-refractivity contribution is 0.289. The highest BCUT2D eigenvalue weighted by atomic mass is 32.2. The summed E-state index contributed by atoms with van der Waals surface area (Å²) in [6.45, 7) is 9.11. The van der Waals surface area contributed by atoms with E-state index in [1.54, 1.807) is 23.1 Å². The molecule has 0 aliphatic rings. The molecule has 0 radical (unpaired) electrons. The molecule has 2 aromatic heterocycles. The van der Waals surface area contributed by atoms with E-state index in [2.05, 4.69) is 72.4 Å². The van der Waals surface area contributed by atoms with Crippen molar-refractivity contribution in [2.24, 2.45) is 0 Å². The number of benzene rings is 2. The highest BCUT2D eigenvalue weighted by molar-refractivity contribution is 7.98. The molecule has 4 rings (SSSR count). The van der Waals surface area contributed by atoms with Gasteiger partial charge in [-0.2, -0.15) is 0 Å². The molecule has 2 aromatic carbocycles. The molecule has 0 amide bonds. The van der Waals surface area contributed by atoms with Crippen molar-refractivity contribution in [1.82, 2.24) is 19.7 Å². The number of thioether (sulfide) groups is 1. The maximum absolute atomic E-state index is 5.94. The smallest absolute Gasteiger partial charge is 0.191 e. The first-order chi connectivity index (χ1) is 15.7. The predicted octanol–water partition coefficient (Wildman–Crippen LogP) is 6.33. The van der Waals surface area contributed by atoms with Gasteiger partial charge in [-0.1, -0.05) is 66.7 Å². The van der Waals surface area contributed by atoms with E-state index in [9.17, 15) is 0 Å². The Morgan fingerprint density at radius 2 is 1.88 bits per heavy atom. The van der Waals surface area contributed by atoms with Gasteiger partial charge in [0.25, 0.3) is 0 Å². The fraction of sp³-hybridized carbons (Fsp3) is 0.240. The second kappa shape index (κ2) is 10.6. The summed E-state index contributed by atoms with van der Waals surface area (Å²) in [5.74, 6) is 2.35. The lowest BCUT2D eigenvalue weighted by Gasteiger charge is -2.09. The van der Waals surface area contributed by atoms with E-state index in [-0.39, 0.29) is 0 Å². The topological polar surface area (TPSA) is 52.8 Å². The highest BCUT2D eigenvalue weighted by Crippen LogP contribution is 2.28. The molecule has 0 fully saturated rings. The van der Waals surface area contributed by atoms with Gasteiger partial charge < -0.3 is 4.74 Å². The zero-order valence-electron chi connectivity index (χ0n) is 18.3. The van der Waals surface area contributed by atoms with Crippen molar-refractivity contribution in [3.05, 3.63) is 89.2 Å². The molecular formula is C25H26N4OS2. The summed E-state index contributed by atoms with van der Waals surface area (Å²) >= 11 is 3.30. The van der Waals surface area contributed by atoms with Gasteiger partial charge in [0.1, 0.15) is 17.4 Å². The van der Waals surface area contributed by atoms with Gasteiger partial charge in [-0.3, -0.25) is 4.57 Å². The van der Waals surface area contributed by atoms with Crippen molar-refractivity contribution in [3.8, 4) is 16.3 Å². The molecule has 0 saturated heterocycles. The molecule has 0 saturated carbocycles. The molecule has 0 unspecified atom stereocenters. The Bertz CT molecular complexity index is 1160. The van der Waals surface area contributed by atoms with Crippen LogP contribution < -0.4 is 4.74 Å². The van der Waals surface area contributed by atoms with E-state index in [0.29, 0.717) is 13.2 Å². The number of hydrogen-bond donors (Lipinski definition) is 0.